The number of aryl methyl sites for hydroxylation is 1. The van der Waals surface area contributed by atoms with Gasteiger partial charge in [0.15, 0.2) is 0 Å². The summed E-state index contributed by atoms with van der Waals surface area (Å²) >= 11 is 0. The second-order valence-corrected chi connectivity index (χ2v) is 5.47. The van der Waals surface area contributed by atoms with E-state index in [9.17, 15) is 0 Å². The van der Waals surface area contributed by atoms with Crippen molar-refractivity contribution < 1.29 is 0 Å². The van der Waals surface area contributed by atoms with E-state index < -0.39 is 0 Å². The number of rotatable bonds is 3. The first-order valence-electron chi connectivity index (χ1n) is 6.74. The number of hydrogen-bond acceptors (Lipinski definition) is 3. The van der Waals surface area contributed by atoms with Crippen molar-refractivity contribution in [2.45, 2.75) is 25.3 Å². The highest BCUT2D eigenvalue weighted by molar-refractivity contribution is 5.85. The number of halogens is 2. The third-order valence-corrected chi connectivity index (χ3v) is 4.21. The molecule has 0 aromatic carbocycles. The van der Waals surface area contributed by atoms with Crippen LogP contribution in [0.3, 0.4) is 0 Å². The summed E-state index contributed by atoms with van der Waals surface area (Å²) in [5.41, 5.74) is 1.36. The summed E-state index contributed by atoms with van der Waals surface area (Å²) in [6, 6.07) is 0.810. The van der Waals surface area contributed by atoms with Gasteiger partial charge in [-0.3, -0.25) is 4.68 Å². The van der Waals surface area contributed by atoms with Crippen LogP contribution in [0.4, 0.5) is 0 Å². The van der Waals surface area contributed by atoms with Crippen molar-refractivity contribution in [3.8, 4) is 0 Å². The van der Waals surface area contributed by atoms with E-state index in [0.717, 1.165) is 18.4 Å². The molecule has 0 bridgehead atoms. The zero-order valence-corrected chi connectivity index (χ0v) is 13.1. The average Bonchev–Trinajstić information content (AvgIpc) is 2.94. The predicted molar refractivity (Wildman–Crippen MR) is 82.4 cm³/mol. The molecule has 0 spiro atoms. The summed E-state index contributed by atoms with van der Waals surface area (Å²) in [7, 11) is 1.99. The normalized spacial score (nSPS) is 26.4. The summed E-state index contributed by atoms with van der Waals surface area (Å²) in [6.45, 7) is 4.97. The average molecular weight is 307 g/mol. The Labute approximate surface area is 127 Å². The molecule has 0 radical (unpaired) electrons. The Morgan fingerprint density at radius 2 is 2.21 bits per heavy atom. The zero-order valence-electron chi connectivity index (χ0n) is 11.4. The number of nitrogens with zero attached hydrogens (tertiary/aromatic N) is 3. The van der Waals surface area contributed by atoms with E-state index >= 15 is 0 Å². The van der Waals surface area contributed by atoms with Crippen molar-refractivity contribution in [1.82, 2.24) is 20.0 Å². The maximum absolute atomic E-state index is 4.22. The SMILES string of the molecule is Cl.Cl.Cn1cc(CCN2CCC3NCCC3C2)cn1. The van der Waals surface area contributed by atoms with Gasteiger partial charge in [-0.25, -0.2) is 0 Å². The molecule has 110 valence electrons. The lowest BCUT2D eigenvalue weighted by molar-refractivity contribution is 0.164. The largest absolute Gasteiger partial charge is 0.314 e. The monoisotopic (exact) mass is 306 g/mol. The number of piperidine rings is 1. The minimum Gasteiger partial charge on any atom is -0.314 e. The van der Waals surface area contributed by atoms with E-state index in [4.69, 9.17) is 0 Å². The van der Waals surface area contributed by atoms with Gasteiger partial charge in [-0.15, -0.1) is 24.8 Å². The first-order chi connectivity index (χ1) is 8.31. The molecule has 2 aliphatic rings. The van der Waals surface area contributed by atoms with Crippen molar-refractivity contribution in [3.63, 3.8) is 0 Å². The number of hydrogen-bond donors (Lipinski definition) is 1. The lowest BCUT2D eigenvalue weighted by Crippen LogP contribution is -2.44. The molecule has 1 aromatic rings. The number of nitrogens with one attached hydrogen (secondary N) is 1. The highest BCUT2D eigenvalue weighted by atomic mass is 35.5. The molecule has 0 saturated carbocycles. The van der Waals surface area contributed by atoms with Gasteiger partial charge in [-0.2, -0.15) is 5.10 Å². The van der Waals surface area contributed by atoms with E-state index in [0.29, 0.717) is 0 Å². The summed E-state index contributed by atoms with van der Waals surface area (Å²) in [6.07, 6.45) is 7.96. The number of likely N-dealkylation sites (tertiary alicyclic amines) is 1. The van der Waals surface area contributed by atoms with Gasteiger partial charge in [-0.05, 0) is 43.8 Å². The van der Waals surface area contributed by atoms with Crippen LogP contribution >= 0.6 is 24.8 Å². The molecule has 1 N–H and O–H groups in total. The Bertz CT molecular complexity index is 382. The van der Waals surface area contributed by atoms with Crippen LogP contribution in [0.1, 0.15) is 18.4 Å². The molecule has 3 rings (SSSR count). The van der Waals surface area contributed by atoms with Gasteiger partial charge < -0.3 is 10.2 Å². The number of aromatic nitrogens is 2. The minimum absolute atomic E-state index is 0. The van der Waals surface area contributed by atoms with Gasteiger partial charge in [0.05, 0.1) is 6.20 Å². The van der Waals surface area contributed by atoms with Gasteiger partial charge in [0, 0.05) is 32.4 Å². The Hall–Kier alpha value is -0.290. The summed E-state index contributed by atoms with van der Waals surface area (Å²) in [5, 5.41) is 7.84. The maximum Gasteiger partial charge on any atom is 0.0522 e. The molecule has 19 heavy (non-hydrogen) atoms. The Kier molecular flexibility index (Phi) is 6.60. The van der Waals surface area contributed by atoms with Crippen LogP contribution in [0.5, 0.6) is 0 Å². The second-order valence-electron chi connectivity index (χ2n) is 5.47. The van der Waals surface area contributed by atoms with Gasteiger partial charge >= 0.3 is 0 Å². The van der Waals surface area contributed by atoms with Crippen LogP contribution in [0.15, 0.2) is 12.4 Å². The van der Waals surface area contributed by atoms with E-state index in [1.165, 1.54) is 44.6 Å². The van der Waals surface area contributed by atoms with Crippen molar-refractivity contribution in [3.05, 3.63) is 18.0 Å². The van der Waals surface area contributed by atoms with E-state index in [-0.39, 0.29) is 24.8 Å². The fourth-order valence-corrected chi connectivity index (χ4v) is 3.21. The van der Waals surface area contributed by atoms with E-state index in [2.05, 4.69) is 21.5 Å². The van der Waals surface area contributed by atoms with Gasteiger partial charge in [-0.1, -0.05) is 0 Å². The van der Waals surface area contributed by atoms with Gasteiger partial charge in [0.1, 0.15) is 0 Å². The summed E-state index contributed by atoms with van der Waals surface area (Å²) < 4.78 is 1.89. The standard InChI is InChI=1S/C13H22N4.2ClH/c1-16-9-11(8-15-16)3-6-17-7-4-13-12(10-17)2-5-14-13;;/h8-9,12-14H,2-7,10H2,1H3;2*1H. The van der Waals surface area contributed by atoms with Crippen molar-refractivity contribution in [1.29, 1.82) is 0 Å². The topological polar surface area (TPSA) is 33.1 Å². The number of fused-ring (bicyclic) bond motifs is 1. The fourth-order valence-electron chi connectivity index (χ4n) is 3.21. The summed E-state index contributed by atoms with van der Waals surface area (Å²) in [4.78, 5) is 2.63. The second kappa shape index (κ2) is 7.48. The predicted octanol–water partition coefficient (Wildman–Crippen LogP) is 1.49. The van der Waals surface area contributed by atoms with Crippen LogP contribution in [0.2, 0.25) is 0 Å². The lowest BCUT2D eigenvalue weighted by atomic mass is 9.93. The Balaban J connectivity index is 0.000000902. The van der Waals surface area contributed by atoms with Gasteiger partial charge in [0.2, 0.25) is 0 Å². The third kappa shape index (κ3) is 4.09. The van der Waals surface area contributed by atoms with Crippen molar-refractivity contribution in [2.75, 3.05) is 26.2 Å². The Morgan fingerprint density at radius 3 is 2.95 bits per heavy atom. The fraction of sp³-hybridized carbons (Fsp3) is 0.769. The van der Waals surface area contributed by atoms with Crippen molar-refractivity contribution >= 4 is 24.8 Å². The zero-order chi connectivity index (χ0) is 11.7. The molecule has 3 heterocycles. The molecule has 0 aliphatic carbocycles. The maximum atomic E-state index is 4.22. The van der Waals surface area contributed by atoms with Crippen LogP contribution in [-0.2, 0) is 13.5 Å². The van der Waals surface area contributed by atoms with Crippen LogP contribution in [-0.4, -0.2) is 46.9 Å². The molecular weight excluding hydrogens is 283 g/mol. The molecule has 4 nitrogen and oxygen atoms in total. The molecular formula is C13H24Cl2N4. The lowest BCUT2D eigenvalue weighted by Gasteiger charge is -2.34. The first-order valence-corrected chi connectivity index (χ1v) is 6.74. The quantitative estimate of drug-likeness (QED) is 0.918. The third-order valence-electron chi connectivity index (χ3n) is 4.21. The van der Waals surface area contributed by atoms with Crippen LogP contribution in [0, 0.1) is 5.92 Å². The van der Waals surface area contributed by atoms with E-state index in [1.54, 1.807) is 0 Å². The van der Waals surface area contributed by atoms with E-state index in [1.807, 2.05) is 17.9 Å². The molecule has 2 aliphatic heterocycles. The smallest absolute Gasteiger partial charge is 0.0522 e. The van der Waals surface area contributed by atoms with Gasteiger partial charge in [0.25, 0.3) is 0 Å². The minimum atomic E-state index is 0. The Morgan fingerprint density at radius 1 is 1.37 bits per heavy atom. The van der Waals surface area contributed by atoms with Crippen LogP contribution < -0.4 is 5.32 Å². The van der Waals surface area contributed by atoms with Crippen molar-refractivity contribution in [2.24, 2.45) is 13.0 Å². The highest BCUT2D eigenvalue weighted by Crippen LogP contribution is 2.24. The summed E-state index contributed by atoms with van der Waals surface area (Å²) in [5.74, 6) is 0.901. The molecule has 2 atom stereocenters. The molecule has 2 fully saturated rings. The van der Waals surface area contributed by atoms with Crippen LogP contribution in [0.25, 0.3) is 0 Å². The highest BCUT2D eigenvalue weighted by Gasteiger charge is 2.32. The molecule has 1 aromatic heterocycles. The molecule has 6 heteroatoms. The molecule has 2 unspecified atom stereocenters. The first kappa shape index (κ1) is 16.8. The molecule has 2 saturated heterocycles. The molecule has 0 amide bonds.